The van der Waals surface area contributed by atoms with Crippen LogP contribution in [0.3, 0.4) is 0 Å². The fraction of sp³-hybridized carbons (Fsp3) is 0. The topological polar surface area (TPSA) is 43.1 Å². The molecule has 0 aliphatic rings. The van der Waals surface area contributed by atoms with Crippen molar-refractivity contribution in [3.8, 4) is 0 Å². The van der Waals surface area contributed by atoms with Gasteiger partial charge in [0.25, 0.3) is 0 Å². The predicted octanol–water partition coefficient (Wildman–Crippen LogP) is 3.63. The molecule has 3 heteroatoms. The summed E-state index contributed by atoms with van der Waals surface area (Å²) in [5.41, 5.74) is 7.85. The molecular formula is C15H12BrNO. The second-order valence-corrected chi connectivity index (χ2v) is 4.76. The Balaban J connectivity index is 2.26. The first-order valence-corrected chi connectivity index (χ1v) is 6.28. The minimum atomic E-state index is -0.0897. The Hall–Kier alpha value is -1.87. The summed E-state index contributed by atoms with van der Waals surface area (Å²) in [6.07, 6.45) is 1.46. The minimum absolute atomic E-state index is 0.0897. The summed E-state index contributed by atoms with van der Waals surface area (Å²) in [6.45, 7) is 0. The minimum Gasteiger partial charge on any atom is -0.398 e. The summed E-state index contributed by atoms with van der Waals surface area (Å²) in [6, 6.07) is 16.6. The normalized spacial score (nSPS) is 11.3. The van der Waals surface area contributed by atoms with Crippen LogP contribution >= 0.6 is 15.9 Å². The number of benzene rings is 2. The molecule has 18 heavy (non-hydrogen) atoms. The van der Waals surface area contributed by atoms with E-state index in [4.69, 9.17) is 5.73 Å². The average Bonchev–Trinajstić information content (AvgIpc) is 2.39. The summed E-state index contributed by atoms with van der Waals surface area (Å²) in [5.74, 6) is -0.0897. The summed E-state index contributed by atoms with van der Waals surface area (Å²) in [5, 5.41) is 0. The Kier molecular flexibility index (Phi) is 3.95. The monoisotopic (exact) mass is 301 g/mol. The molecule has 2 aromatic rings. The lowest BCUT2D eigenvalue weighted by molar-refractivity contribution is 0.104. The summed E-state index contributed by atoms with van der Waals surface area (Å²) in [7, 11) is 0. The second kappa shape index (κ2) is 5.65. The summed E-state index contributed by atoms with van der Waals surface area (Å²) in [4.78, 5) is 11.9. The van der Waals surface area contributed by atoms with Crippen molar-refractivity contribution in [2.45, 2.75) is 0 Å². The second-order valence-electron chi connectivity index (χ2n) is 3.84. The Bertz CT molecular complexity index is 590. The maximum Gasteiger partial charge on any atom is 0.187 e. The molecule has 0 fully saturated rings. The van der Waals surface area contributed by atoms with Gasteiger partial charge in [0, 0.05) is 21.8 Å². The highest BCUT2D eigenvalue weighted by Crippen LogP contribution is 2.16. The number of allylic oxidation sites excluding steroid dienone is 1. The molecule has 0 spiro atoms. The van der Waals surface area contributed by atoms with E-state index in [1.165, 1.54) is 6.08 Å². The van der Waals surface area contributed by atoms with E-state index in [9.17, 15) is 4.79 Å². The fourth-order valence-corrected chi connectivity index (χ4v) is 1.98. The Morgan fingerprint density at radius 1 is 1.00 bits per heavy atom. The highest BCUT2D eigenvalue weighted by molar-refractivity contribution is 9.10. The number of rotatable bonds is 3. The zero-order chi connectivity index (χ0) is 13.0. The van der Waals surface area contributed by atoms with Crippen molar-refractivity contribution >= 4 is 27.4 Å². The van der Waals surface area contributed by atoms with Gasteiger partial charge in [-0.2, -0.15) is 0 Å². The molecule has 90 valence electrons. The van der Waals surface area contributed by atoms with Gasteiger partial charge in [-0.3, -0.25) is 4.79 Å². The third-order valence-electron chi connectivity index (χ3n) is 2.50. The van der Waals surface area contributed by atoms with Crippen molar-refractivity contribution in [3.05, 3.63) is 76.3 Å². The molecule has 0 saturated heterocycles. The third kappa shape index (κ3) is 3.08. The maximum atomic E-state index is 11.9. The average molecular weight is 302 g/mol. The first-order valence-electron chi connectivity index (χ1n) is 5.49. The van der Waals surface area contributed by atoms with Gasteiger partial charge in [0.1, 0.15) is 0 Å². The molecule has 0 amide bonds. The van der Waals surface area contributed by atoms with E-state index in [0.717, 1.165) is 10.0 Å². The Morgan fingerprint density at radius 2 is 1.67 bits per heavy atom. The van der Waals surface area contributed by atoms with Crippen molar-refractivity contribution in [1.29, 1.82) is 0 Å². The third-order valence-corrected chi connectivity index (χ3v) is 3.00. The lowest BCUT2D eigenvalue weighted by Gasteiger charge is -2.02. The SMILES string of the molecule is N/C(=C\C(=O)c1ccccc1)c1cccc(Br)c1. The van der Waals surface area contributed by atoms with Crippen LogP contribution in [-0.4, -0.2) is 5.78 Å². The maximum absolute atomic E-state index is 11.9. The zero-order valence-corrected chi connectivity index (χ0v) is 11.2. The Labute approximate surface area is 114 Å². The molecule has 0 bridgehead atoms. The van der Waals surface area contributed by atoms with E-state index in [1.54, 1.807) is 12.1 Å². The van der Waals surface area contributed by atoms with Crippen LogP contribution in [0.1, 0.15) is 15.9 Å². The van der Waals surface area contributed by atoms with E-state index >= 15 is 0 Å². The molecule has 0 radical (unpaired) electrons. The molecule has 0 atom stereocenters. The molecule has 0 heterocycles. The van der Waals surface area contributed by atoms with Crippen LogP contribution in [0.5, 0.6) is 0 Å². The predicted molar refractivity (Wildman–Crippen MR) is 77.1 cm³/mol. The molecule has 0 unspecified atom stereocenters. The van der Waals surface area contributed by atoms with Crippen molar-refractivity contribution in [1.82, 2.24) is 0 Å². The van der Waals surface area contributed by atoms with Crippen LogP contribution in [-0.2, 0) is 0 Å². The van der Waals surface area contributed by atoms with E-state index in [2.05, 4.69) is 15.9 Å². The van der Waals surface area contributed by atoms with Gasteiger partial charge < -0.3 is 5.73 Å². The smallest absolute Gasteiger partial charge is 0.187 e. The van der Waals surface area contributed by atoms with Gasteiger partial charge in [0.2, 0.25) is 0 Å². The van der Waals surface area contributed by atoms with Crippen molar-refractivity contribution in [3.63, 3.8) is 0 Å². The first-order chi connectivity index (χ1) is 8.66. The molecule has 0 saturated carbocycles. The van der Waals surface area contributed by atoms with Crippen molar-refractivity contribution in [2.24, 2.45) is 5.73 Å². The van der Waals surface area contributed by atoms with Gasteiger partial charge >= 0.3 is 0 Å². The van der Waals surface area contributed by atoms with E-state index < -0.39 is 0 Å². The highest BCUT2D eigenvalue weighted by Gasteiger charge is 2.04. The fourth-order valence-electron chi connectivity index (χ4n) is 1.58. The lowest BCUT2D eigenvalue weighted by atomic mass is 10.1. The van der Waals surface area contributed by atoms with E-state index in [-0.39, 0.29) is 5.78 Å². The molecule has 0 aliphatic carbocycles. The highest BCUT2D eigenvalue weighted by atomic mass is 79.9. The lowest BCUT2D eigenvalue weighted by Crippen LogP contribution is -2.02. The standard InChI is InChI=1S/C15H12BrNO/c16-13-8-4-7-12(9-13)14(17)10-15(18)11-5-2-1-3-6-11/h1-10H,17H2/b14-10-. The van der Waals surface area contributed by atoms with Crippen LogP contribution in [0.25, 0.3) is 5.70 Å². The largest absolute Gasteiger partial charge is 0.398 e. The molecule has 2 N–H and O–H groups in total. The van der Waals surface area contributed by atoms with E-state index in [0.29, 0.717) is 11.3 Å². The molecule has 0 aromatic heterocycles. The van der Waals surface area contributed by atoms with Gasteiger partial charge in [0.15, 0.2) is 5.78 Å². The summed E-state index contributed by atoms with van der Waals surface area (Å²) >= 11 is 3.37. The molecular weight excluding hydrogens is 290 g/mol. The van der Waals surface area contributed by atoms with Gasteiger partial charge in [-0.25, -0.2) is 0 Å². The molecule has 2 rings (SSSR count). The molecule has 2 nitrogen and oxygen atoms in total. The zero-order valence-electron chi connectivity index (χ0n) is 9.64. The molecule has 0 aliphatic heterocycles. The first kappa shape index (κ1) is 12.6. The van der Waals surface area contributed by atoms with Crippen LogP contribution in [0.2, 0.25) is 0 Å². The number of ketones is 1. The van der Waals surface area contributed by atoms with Crippen LogP contribution in [0, 0.1) is 0 Å². The van der Waals surface area contributed by atoms with Gasteiger partial charge in [0.05, 0.1) is 0 Å². The number of carbonyl (C=O) groups is 1. The van der Waals surface area contributed by atoms with Gasteiger partial charge in [-0.1, -0.05) is 58.4 Å². The van der Waals surface area contributed by atoms with Crippen LogP contribution in [0.4, 0.5) is 0 Å². The quantitative estimate of drug-likeness (QED) is 0.695. The van der Waals surface area contributed by atoms with Gasteiger partial charge in [-0.05, 0) is 17.7 Å². The van der Waals surface area contributed by atoms with Crippen LogP contribution in [0.15, 0.2) is 65.1 Å². The molecule has 2 aromatic carbocycles. The number of nitrogens with two attached hydrogens (primary N) is 1. The number of carbonyl (C=O) groups excluding carboxylic acids is 1. The van der Waals surface area contributed by atoms with E-state index in [1.807, 2.05) is 42.5 Å². The van der Waals surface area contributed by atoms with Crippen molar-refractivity contribution in [2.75, 3.05) is 0 Å². The summed E-state index contributed by atoms with van der Waals surface area (Å²) < 4.78 is 0.934. The van der Waals surface area contributed by atoms with Crippen molar-refractivity contribution < 1.29 is 4.79 Å². The van der Waals surface area contributed by atoms with Crippen LogP contribution < -0.4 is 5.73 Å². The van der Waals surface area contributed by atoms with Gasteiger partial charge in [-0.15, -0.1) is 0 Å². The Morgan fingerprint density at radius 3 is 2.33 bits per heavy atom. The number of halogens is 1. The number of hydrogen-bond acceptors (Lipinski definition) is 2. The number of hydrogen-bond donors (Lipinski definition) is 1.